The van der Waals surface area contributed by atoms with Crippen LogP contribution < -0.4 is 0 Å². The number of aromatic hydroxyl groups is 1. The summed E-state index contributed by atoms with van der Waals surface area (Å²) in [6.45, 7) is 6.66. The van der Waals surface area contributed by atoms with Gasteiger partial charge in [-0.15, -0.1) is 0 Å². The molecule has 0 amide bonds. The predicted octanol–water partition coefficient (Wildman–Crippen LogP) is 2.72. The highest BCUT2D eigenvalue weighted by atomic mass is 16.6. The summed E-state index contributed by atoms with van der Waals surface area (Å²) < 4.78 is 15.8. The van der Waals surface area contributed by atoms with E-state index >= 15 is 0 Å². The normalized spacial score (nSPS) is 18.3. The van der Waals surface area contributed by atoms with Crippen LogP contribution >= 0.6 is 0 Å². The van der Waals surface area contributed by atoms with Gasteiger partial charge in [-0.1, -0.05) is 12.1 Å². The largest absolute Gasteiger partial charge is 0.508 e. The minimum atomic E-state index is -0.892. The van der Waals surface area contributed by atoms with Crippen LogP contribution in [0.2, 0.25) is 0 Å². The summed E-state index contributed by atoms with van der Waals surface area (Å²) in [6.07, 6.45) is 0.822. The number of ether oxygens (including phenoxy) is 3. The number of allylic oxidation sites excluding steroid dienone is 1. The summed E-state index contributed by atoms with van der Waals surface area (Å²) in [5.41, 5.74) is 3.44. The van der Waals surface area contributed by atoms with Crippen molar-refractivity contribution < 1.29 is 34.0 Å². The van der Waals surface area contributed by atoms with E-state index in [1.807, 2.05) is 19.1 Å². The van der Waals surface area contributed by atoms with Gasteiger partial charge in [0.2, 0.25) is 0 Å². The number of aliphatic hydroxyl groups excluding tert-OH is 1. The first-order chi connectivity index (χ1) is 13.2. The SMILES string of the molecule is CC(=O)OCC(C)=CCc1ccc(O)c2c1[C@@H](CC(O)[C@H](C)OC(C)=O)OC2. The maximum absolute atomic E-state index is 11.1. The van der Waals surface area contributed by atoms with Crippen LogP contribution in [-0.4, -0.2) is 41.0 Å². The Kier molecular flexibility index (Phi) is 7.60. The van der Waals surface area contributed by atoms with E-state index in [2.05, 4.69) is 0 Å². The van der Waals surface area contributed by atoms with Crippen LogP contribution in [0.25, 0.3) is 0 Å². The molecule has 0 bridgehead atoms. The number of phenolic OH excluding ortho intramolecular Hbond substituents is 1. The number of carbonyl (C=O) groups excluding carboxylic acids is 2. The van der Waals surface area contributed by atoms with E-state index in [-0.39, 0.29) is 31.4 Å². The molecule has 154 valence electrons. The van der Waals surface area contributed by atoms with Crippen LogP contribution in [-0.2, 0) is 36.8 Å². The summed E-state index contributed by atoms with van der Waals surface area (Å²) in [5, 5.41) is 20.5. The second kappa shape index (κ2) is 9.71. The molecule has 1 aliphatic rings. The smallest absolute Gasteiger partial charge is 0.302 e. The van der Waals surface area contributed by atoms with Gasteiger partial charge >= 0.3 is 11.9 Å². The zero-order valence-corrected chi connectivity index (χ0v) is 16.7. The van der Waals surface area contributed by atoms with Crippen LogP contribution in [0.15, 0.2) is 23.8 Å². The third-order valence-corrected chi connectivity index (χ3v) is 4.70. The first-order valence-corrected chi connectivity index (χ1v) is 9.28. The van der Waals surface area contributed by atoms with Crippen molar-refractivity contribution in [3.8, 4) is 5.75 Å². The van der Waals surface area contributed by atoms with Crippen molar-refractivity contribution in [1.29, 1.82) is 0 Å². The van der Waals surface area contributed by atoms with Crippen LogP contribution in [0.3, 0.4) is 0 Å². The second-order valence-electron chi connectivity index (χ2n) is 7.09. The topological polar surface area (TPSA) is 102 Å². The van der Waals surface area contributed by atoms with Crippen molar-refractivity contribution in [2.45, 2.75) is 65.5 Å². The molecule has 1 heterocycles. The van der Waals surface area contributed by atoms with Gasteiger partial charge in [-0.25, -0.2) is 0 Å². The molecule has 0 saturated heterocycles. The molecule has 28 heavy (non-hydrogen) atoms. The Morgan fingerprint density at radius 2 is 2.00 bits per heavy atom. The van der Waals surface area contributed by atoms with Gasteiger partial charge < -0.3 is 24.4 Å². The standard InChI is InChI=1S/C21H28O7/c1-12(10-26-14(3)22)5-6-16-7-8-18(24)17-11-27-20(21(16)17)9-19(25)13(2)28-15(4)23/h5,7-8,13,19-20,24-25H,6,9-11H2,1-4H3/t13-,19?,20+/m0/s1. The van der Waals surface area contributed by atoms with Gasteiger partial charge in [-0.2, -0.15) is 0 Å². The Labute approximate surface area is 164 Å². The van der Waals surface area contributed by atoms with E-state index < -0.39 is 24.3 Å². The minimum Gasteiger partial charge on any atom is -0.508 e. The molecule has 1 aromatic rings. The third kappa shape index (κ3) is 5.81. The lowest BCUT2D eigenvalue weighted by atomic mass is 9.92. The Morgan fingerprint density at radius 1 is 1.29 bits per heavy atom. The number of fused-ring (bicyclic) bond motifs is 1. The van der Waals surface area contributed by atoms with E-state index in [9.17, 15) is 19.8 Å². The number of esters is 2. The lowest BCUT2D eigenvalue weighted by Crippen LogP contribution is -2.29. The molecular weight excluding hydrogens is 364 g/mol. The number of aliphatic hydroxyl groups is 1. The zero-order chi connectivity index (χ0) is 20.8. The molecule has 3 atom stereocenters. The van der Waals surface area contributed by atoms with Crippen molar-refractivity contribution >= 4 is 11.9 Å². The van der Waals surface area contributed by atoms with Gasteiger partial charge in [0.05, 0.1) is 18.8 Å². The van der Waals surface area contributed by atoms with Gasteiger partial charge in [-0.3, -0.25) is 9.59 Å². The molecule has 2 N–H and O–H groups in total. The predicted molar refractivity (Wildman–Crippen MR) is 102 cm³/mol. The Hall–Kier alpha value is -2.38. The van der Waals surface area contributed by atoms with Crippen LogP contribution in [0, 0.1) is 0 Å². The van der Waals surface area contributed by atoms with Crippen molar-refractivity contribution in [2.75, 3.05) is 6.61 Å². The van der Waals surface area contributed by atoms with E-state index in [0.717, 1.165) is 16.7 Å². The van der Waals surface area contributed by atoms with E-state index in [4.69, 9.17) is 14.2 Å². The van der Waals surface area contributed by atoms with Gasteiger partial charge in [0, 0.05) is 25.8 Å². The molecule has 7 nitrogen and oxygen atoms in total. The molecule has 0 saturated carbocycles. The van der Waals surface area contributed by atoms with Crippen LogP contribution in [0.4, 0.5) is 0 Å². The molecule has 7 heteroatoms. The monoisotopic (exact) mass is 392 g/mol. The minimum absolute atomic E-state index is 0.157. The summed E-state index contributed by atoms with van der Waals surface area (Å²) in [4.78, 5) is 22.0. The summed E-state index contributed by atoms with van der Waals surface area (Å²) in [7, 11) is 0. The van der Waals surface area contributed by atoms with Gasteiger partial charge in [0.25, 0.3) is 0 Å². The van der Waals surface area contributed by atoms with E-state index in [1.54, 1.807) is 13.0 Å². The number of phenols is 1. The quantitative estimate of drug-likeness (QED) is 0.518. The molecule has 0 radical (unpaired) electrons. The van der Waals surface area contributed by atoms with E-state index in [0.29, 0.717) is 12.0 Å². The maximum Gasteiger partial charge on any atom is 0.302 e. The molecule has 0 fully saturated rings. The lowest BCUT2D eigenvalue weighted by Gasteiger charge is -2.23. The summed E-state index contributed by atoms with van der Waals surface area (Å²) >= 11 is 0. The maximum atomic E-state index is 11.1. The van der Waals surface area contributed by atoms with Crippen molar-refractivity contribution in [1.82, 2.24) is 0 Å². The van der Waals surface area contributed by atoms with Crippen LogP contribution in [0.1, 0.15) is 56.9 Å². The van der Waals surface area contributed by atoms with Crippen molar-refractivity contribution in [2.24, 2.45) is 0 Å². The van der Waals surface area contributed by atoms with E-state index in [1.165, 1.54) is 13.8 Å². The summed E-state index contributed by atoms with van der Waals surface area (Å²) in [6, 6.07) is 3.46. The fourth-order valence-electron chi connectivity index (χ4n) is 3.20. The highest BCUT2D eigenvalue weighted by Crippen LogP contribution is 2.41. The fraction of sp³-hybridized carbons (Fsp3) is 0.524. The van der Waals surface area contributed by atoms with Gasteiger partial charge in [0.1, 0.15) is 18.5 Å². The lowest BCUT2D eigenvalue weighted by molar-refractivity contribution is -0.152. The summed E-state index contributed by atoms with van der Waals surface area (Å²) in [5.74, 6) is -0.627. The first-order valence-electron chi connectivity index (χ1n) is 9.28. The second-order valence-corrected chi connectivity index (χ2v) is 7.09. The number of hydrogen-bond acceptors (Lipinski definition) is 7. The number of carbonyl (C=O) groups is 2. The molecule has 0 aliphatic carbocycles. The highest BCUT2D eigenvalue weighted by Gasteiger charge is 2.32. The number of benzene rings is 1. The Bertz CT molecular complexity index is 753. The molecule has 0 spiro atoms. The first kappa shape index (κ1) is 21.9. The zero-order valence-electron chi connectivity index (χ0n) is 16.7. The molecule has 1 aromatic carbocycles. The Balaban J connectivity index is 2.16. The van der Waals surface area contributed by atoms with Gasteiger partial charge in [-0.05, 0) is 43.0 Å². The average molecular weight is 392 g/mol. The number of rotatable bonds is 8. The number of hydrogen-bond donors (Lipinski definition) is 2. The fourth-order valence-corrected chi connectivity index (χ4v) is 3.20. The van der Waals surface area contributed by atoms with Crippen molar-refractivity contribution in [3.63, 3.8) is 0 Å². The highest BCUT2D eigenvalue weighted by molar-refractivity contribution is 5.66. The molecular formula is C21H28O7. The molecule has 1 unspecified atom stereocenters. The Morgan fingerprint density at radius 3 is 2.64 bits per heavy atom. The third-order valence-electron chi connectivity index (χ3n) is 4.70. The molecule has 0 aromatic heterocycles. The molecule has 1 aliphatic heterocycles. The van der Waals surface area contributed by atoms with Gasteiger partial charge in [0.15, 0.2) is 0 Å². The van der Waals surface area contributed by atoms with Crippen molar-refractivity contribution in [3.05, 3.63) is 40.5 Å². The molecule has 2 rings (SSSR count). The van der Waals surface area contributed by atoms with Crippen LogP contribution in [0.5, 0.6) is 5.75 Å². The average Bonchev–Trinajstić information content (AvgIpc) is 3.03.